The van der Waals surface area contributed by atoms with Crippen LogP contribution in [0, 0.1) is 12.3 Å². The van der Waals surface area contributed by atoms with Gasteiger partial charge < -0.3 is 8.92 Å². The van der Waals surface area contributed by atoms with Gasteiger partial charge in [0.1, 0.15) is 10.7 Å². The number of ether oxygens (including phenoxy) is 1. The van der Waals surface area contributed by atoms with Crippen molar-refractivity contribution in [2.75, 3.05) is 7.11 Å². The Morgan fingerprint density at radius 3 is 2.55 bits per heavy atom. The normalized spacial score (nSPS) is 17.1. The monoisotopic (exact) mass is 547 g/mol. The minimum absolute atomic E-state index is 0.00622. The van der Waals surface area contributed by atoms with Gasteiger partial charge in [0, 0.05) is 11.1 Å². The fourth-order valence-corrected chi connectivity index (χ4v) is 5.56. The molecule has 11 heteroatoms. The highest BCUT2D eigenvalue weighted by Crippen LogP contribution is 2.39. The van der Waals surface area contributed by atoms with Gasteiger partial charge in [0.15, 0.2) is 16.7 Å². The van der Waals surface area contributed by atoms with E-state index in [4.69, 9.17) is 14.3 Å². The van der Waals surface area contributed by atoms with Crippen LogP contribution in [0.15, 0.2) is 67.4 Å². The summed E-state index contributed by atoms with van der Waals surface area (Å²) in [5.41, 5.74) is 1.51. The molecular formula is C22H18BrN3O5S2. The molecule has 2 aromatic rings. The van der Waals surface area contributed by atoms with E-state index in [-0.39, 0.29) is 27.8 Å². The lowest BCUT2D eigenvalue weighted by Crippen LogP contribution is -2.35. The summed E-state index contributed by atoms with van der Waals surface area (Å²) in [4.78, 5) is 19.1. The third kappa shape index (κ3) is 4.61. The van der Waals surface area contributed by atoms with Crippen molar-refractivity contribution in [3.63, 3.8) is 0 Å². The molecule has 0 unspecified atom stereocenters. The van der Waals surface area contributed by atoms with Crippen molar-refractivity contribution in [1.29, 1.82) is 5.41 Å². The number of benzene rings is 2. The van der Waals surface area contributed by atoms with Gasteiger partial charge in [-0.05, 0) is 65.7 Å². The Hall–Kier alpha value is -2.89. The van der Waals surface area contributed by atoms with Crippen molar-refractivity contribution in [3.05, 3.63) is 68.7 Å². The molecule has 0 aromatic heterocycles. The second kappa shape index (κ2) is 8.81. The van der Waals surface area contributed by atoms with Gasteiger partial charge in [-0.1, -0.05) is 29.5 Å². The van der Waals surface area contributed by atoms with Gasteiger partial charge in [0.25, 0.3) is 5.91 Å². The molecule has 4 rings (SSSR count). The van der Waals surface area contributed by atoms with Gasteiger partial charge in [-0.25, -0.2) is 0 Å². The summed E-state index contributed by atoms with van der Waals surface area (Å²) in [6.45, 7) is 3.73. The summed E-state index contributed by atoms with van der Waals surface area (Å²) in [6.07, 6.45) is 3.25. The first-order chi connectivity index (χ1) is 15.6. The molecule has 0 radical (unpaired) electrons. The maximum Gasteiger partial charge on any atom is 0.339 e. The number of nitrogens with zero attached hydrogens (tertiary/aromatic N) is 2. The van der Waals surface area contributed by atoms with Gasteiger partial charge in [0.2, 0.25) is 0 Å². The number of thioether (sulfide) groups is 1. The fraction of sp³-hybridized carbons (Fsp3) is 0.136. The first-order valence-corrected chi connectivity index (χ1v) is 12.6. The number of amides is 1. The Morgan fingerprint density at radius 2 is 1.88 bits per heavy atom. The second-order valence-corrected chi connectivity index (χ2v) is 10.8. The van der Waals surface area contributed by atoms with Crippen LogP contribution in [0.25, 0.3) is 6.08 Å². The smallest absolute Gasteiger partial charge is 0.339 e. The highest BCUT2D eigenvalue weighted by Gasteiger charge is 2.33. The Balaban J connectivity index is 1.69. The van der Waals surface area contributed by atoms with Gasteiger partial charge in [-0.3, -0.25) is 15.1 Å². The molecule has 0 saturated heterocycles. The number of nitrogens with one attached hydrogen (secondary N) is 1. The van der Waals surface area contributed by atoms with Crippen LogP contribution in [0.2, 0.25) is 0 Å². The second-order valence-electron chi connectivity index (χ2n) is 7.20. The molecular weight excluding hydrogens is 530 g/mol. The SMILES string of the molecule is COc1cc(/C=C2/C(=N)N3C=C(C)SC3=NC2=O)cc(Br)c1OS(=O)(=O)c1ccc(C)cc1. The van der Waals surface area contributed by atoms with Crippen molar-refractivity contribution < 1.29 is 22.1 Å². The number of rotatable bonds is 5. The molecule has 2 aromatic carbocycles. The summed E-state index contributed by atoms with van der Waals surface area (Å²) in [6, 6.07) is 9.39. The Kier molecular flexibility index (Phi) is 6.21. The predicted octanol–water partition coefficient (Wildman–Crippen LogP) is 4.70. The number of methoxy groups -OCH3 is 1. The summed E-state index contributed by atoms with van der Waals surface area (Å²) in [5.74, 6) is -0.413. The molecule has 33 heavy (non-hydrogen) atoms. The molecule has 0 fully saturated rings. The quantitative estimate of drug-likeness (QED) is 0.426. The van der Waals surface area contributed by atoms with Crippen LogP contribution in [0.3, 0.4) is 0 Å². The van der Waals surface area contributed by atoms with Crippen molar-refractivity contribution >= 4 is 60.8 Å². The summed E-state index contributed by atoms with van der Waals surface area (Å²) in [7, 11) is -2.73. The topological polar surface area (TPSA) is 109 Å². The van der Waals surface area contributed by atoms with Crippen molar-refractivity contribution in [2.45, 2.75) is 18.7 Å². The molecule has 2 heterocycles. The minimum Gasteiger partial charge on any atom is -0.493 e. The fourth-order valence-electron chi connectivity index (χ4n) is 3.14. The van der Waals surface area contributed by atoms with E-state index in [0.29, 0.717) is 15.2 Å². The molecule has 1 N–H and O–H groups in total. The van der Waals surface area contributed by atoms with E-state index >= 15 is 0 Å². The zero-order valence-corrected chi connectivity index (χ0v) is 21.0. The number of aliphatic imine (C=N–C) groups is 1. The van der Waals surface area contributed by atoms with Crippen molar-refractivity contribution in [2.24, 2.45) is 4.99 Å². The largest absolute Gasteiger partial charge is 0.493 e. The number of halogens is 1. The average Bonchev–Trinajstić information content (AvgIpc) is 3.13. The van der Waals surface area contributed by atoms with Gasteiger partial charge >= 0.3 is 10.1 Å². The van der Waals surface area contributed by atoms with Crippen LogP contribution in [0.1, 0.15) is 18.1 Å². The van der Waals surface area contributed by atoms with E-state index in [1.54, 1.807) is 29.3 Å². The maximum absolute atomic E-state index is 12.7. The lowest BCUT2D eigenvalue weighted by molar-refractivity contribution is -0.114. The van der Waals surface area contributed by atoms with Gasteiger partial charge in [0.05, 0.1) is 17.2 Å². The number of allylic oxidation sites excluding steroid dienone is 1. The Morgan fingerprint density at radius 1 is 1.18 bits per heavy atom. The van der Waals surface area contributed by atoms with E-state index in [1.807, 2.05) is 13.8 Å². The van der Waals surface area contributed by atoms with Gasteiger partial charge in [-0.15, -0.1) is 0 Å². The maximum atomic E-state index is 12.7. The molecule has 0 spiro atoms. The summed E-state index contributed by atoms with van der Waals surface area (Å²) < 4.78 is 36.5. The van der Waals surface area contributed by atoms with E-state index in [1.165, 1.54) is 43.1 Å². The number of carbonyl (C=O) groups excluding carboxylic acids is 1. The Bertz CT molecular complexity index is 1380. The summed E-state index contributed by atoms with van der Waals surface area (Å²) in [5, 5.41) is 8.86. The number of amidine groups is 2. The molecule has 0 saturated carbocycles. The van der Waals surface area contributed by atoms with Crippen LogP contribution in [-0.2, 0) is 14.9 Å². The van der Waals surface area contributed by atoms with E-state index < -0.39 is 16.0 Å². The molecule has 0 aliphatic carbocycles. The Labute approximate surface area is 203 Å². The van der Waals surface area contributed by atoms with Crippen molar-refractivity contribution in [1.82, 2.24) is 4.90 Å². The number of hydrogen-bond acceptors (Lipinski definition) is 7. The molecule has 8 nitrogen and oxygen atoms in total. The molecule has 2 aliphatic rings. The molecule has 1 amide bonds. The lowest BCUT2D eigenvalue weighted by atomic mass is 10.1. The van der Waals surface area contributed by atoms with Crippen LogP contribution >= 0.6 is 27.7 Å². The third-order valence-corrected chi connectivity index (χ3v) is 7.48. The first kappa shape index (κ1) is 23.3. The number of carbonyl (C=O) groups is 1. The van der Waals surface area contributed by atoms with E-state index in [2.05, 4.69) is 20.9 Å². The van der Waals surface area contributed by atoms with E-state index in [9.17, 15) is 13.2 Å². The summed E-state index contributed by atoms with van der Waals surface area (Å²) >= 11 is 4.66. The third-order valence-electron chi connectivity index (χ3n) is 4.76. The van der Waals surface area contributed by atoms with Gasteiger partial charge in [-0.2, -0.15) is 13.4 Å². The zero-order chi connectivity index (χ0) is 23.9. The van der Waals surface area contributed by atoms with Crippen LogP contribution < -0.4 is 8.92 Å². The zero-order valence-electron chi connectivity index (χ0n) is 17.7. The molecule has 0 bridgehead atoms. The standard InChI is InChI=1S/C22H18BrN3O5S2/c1-12-4-6-15(7-5-12)33(28,29)31-19-17(23)9-14(10-18(19)30-3)8-16-20(24)26-11-13(2)32-22(26)25-21(16)27/h4-11,24H,1-3H3/b16-8-,24-20?. The number of fused-ring (bicyclic) bond motifs is 1. The van der Waals surface area contributed by atoms with Crippen LogP contribution in [0.4, 0.5) is 0 Å². The molecule has 0 atom stereocenters. The van der Waals surface area contributed by atoms with Crippen molar-refractivity contribution in [3.8, 4) is 11.5 Å². The lowest BCUT2D eigenvalue weighted by Gasteiger charge is -2.22. The average molecular weight is 548 g/mol. The predicted molar refractivity (Wildman–Crippen MR) is 131 cm³/mol. The highest BCUT2D eigenvalue weighted by molar-refractivity contribution is 9.10. The number of aryl methyl sites for hydroxylation is 1. The van der Waals surface area contributed by atoms with Crippen LogP contribution in [-0.4, -0.2) is 37.3 Å². The first-order valence-electron chi connectivity index (χ1n) is 9.57. The van der Waals surface area contributed by atoms with E-state index in [0.717, 1.165) is 10.5 Å². The van der Waals surface area contributed by atoms with Crippen LogP contribution in [0.5, 0.6) is 11.5 Å². The highest BCUT2D eigenvalue weighted by atomic mass is 79.9. The molecule has 2 aliphatic heterocycles. The minimum atomic E-state index is -4.10. The number of hydrogen-bond donors (Lipinski definition) is 1. The molecule has 170 valence electrons.